The van der Waals surface area contributed by atoms with E-state index in [2.05, 4.69) is 16.9 Å². The van der Waals surface area contributed by atoms with Crippen molar-refractivity contribution in [3.63, 3.8) is 0 Å². The summed E-state index contributed by atoms with van der Waals surface area (Å²) >= 11 is 0. The van der Waals surface area contributed by atoms with Crippen molar-refractivity contribution in [2.75, 3.05) is 6.54 Å². The monoisotopic (exact) mass is 197 g/mol. The lowest BCUT2D eigenvalue weighted by molar-refractivity contribution is 0.567. The molecular weight excluding hydrogens is 174 g/mol. The summed E-state index contributed by atoms with van der Waals surface area (Å²) < 4.78 is 0. The molecule has 0 fully saturated rings. The molecular formula is C11H23N3. The molecule has 0 atom stereocenters. The summed E-state index contributed by atoms with van der Waals surface area (Å²) in [6.07, 6.45) is 11.8. The Morgan fingerprint density at radius 1 is 0.857 bits per heavy atom. The molecule has 3 nitrogen and oxygen atoms in total. The topological polar surface area (TPSA) is 48.8 Å². The van der Waals surface area contributed by atoms with Crippen molar-refractivity contribution in [1.29, 1.82) is 0 Å². The van der Waals surface area contributed by atoms with Crippen molar-refractivity contribution >= 4 is 0 Å². The molecule has 0 saturated heterocycles. The van der Waals surface area contributed by atoms with Gasteiger partial charge in [0.15, 0.2) is 0 Å². The maximum Gasteiger partial charge on any atom is 0.0257 e. The van der Waals surface area contributed by atoms with Gasteiger partial charge in [0.2, 0.25) is 0 Å². The summed E-state index contributed by atoms with van der Waals surface area (Å²) in [5.41, 5.74) is 8.05. The van der Waals surface area contributed by atoms with E-state index in [-0.39, 0.29) is 0 Å². The van der Waals surface area contributed by atoms with Gasteiger partial charge in [0.25, 0.3) is 0 Å². The van der Waals surface area contributed by atoms with E-state index in [1.165, 1.54) is 51.4 Å². The van der Waals surface area contributed by atoms with Gasteiger partial charge in [0.1, 0.15) is 0 Å². The molecule has 0 unspecified atom stereocenters. The standard InChI is InChI=1S/C11H23N3/c1-2-3-4-5-6-7-8-9-10-11-13-14-12/h2-11H2,1H3. The smallest absolute Gasteiger partial charge is 0.0257 e. The molecule has 0 N–H and O–H groups in total. The molecule has 0 saturated carbocycles. The fourth-order valence-electron chi connectivity index (χ4n) is 1.54. The van der Waals surface area contributed by atoms with Crippen LogP contribution in [0.25, 0.3) is 10.4 Å². The second-order valence-corrected chi connectivity index (χ2v) is 3.78. The first-order chi connectivity index (χ1) is 6.91. The van der Waals surface area contributed by atoms with E-state index in [0.717, 1.165) is 6.42 Å². The Labute approximate surface area is 87.5 Å². The molecule has 0 aromatic rings. The maximum atomic E-state index is 8.05. The van der Waals surface area contributed by atoms with E-state index in [0.29, 0.717) is 6.54 Å². The molecule has 0 aromatic heterocycles. The predicted molar refractivity (Wildman–Crippen MR) is 61.2 cm³/mol. The average molecular weight is 197 g/mol. The van der Waals surface area contributed by atoms with Crippen LogP contribution in [0.5, 0.6) is 0 Å². The van der Waals surface area contributed by atoms with E-state index in [9.17, 15) is 0 Å². The zero-order valence-corrected chi connectivity index (χ0v) is 9.41. The van der Waals surface area contributed by atoms with Crippen LogP contribution in [0.4, 0.5) is 0 Å². The van der Waals surface area contributed by atoms with Crippen LogP contribution in [-0.4, -0.2) is 6.54 Å². The normalized spacial score (nSPS) is 9.79. The Morgan fingerprint density at radius 3 is 1.86 bits per heavy atom. The van der Waals surface area contributed by atoms with Gasteiger partial charge in [-0.3, -0.25) is 0 Å². The van der Waals surface area contributed by atoms with E-state index in [1.54, 1.807) is 0 Å². The molecule has 0 aliphatic rings. The summed E-state index contributed by atoms with van der Waals surface area (Å²) in [6, 6.07) is 0. The van der Waals surface area contributed by atoms with Gasteiger partial charge < -0.3 is 0 Å². The Morgan fingerprint density at radius 2 is 1.36 bits per heavy atom. The summed E-state index contributed by atoms with van der Waals surface area (Å²) in [4.78, 5) is 2.73. The highest BCUT2D eigenvalue weighted by Gasteiger charge is 1.90. The minimum atomic E-state index is 0.673. The van der Waals surface area contributed by atoms with Crippen LogP contribution >= 0.6 is 0 Å². The number of nitrogens with zero attached hydrogens (tertiary/aromatic N) is 3. The van der Waals surface area contributed by atoms with Crippen LogP contribution in [0.2, 0.25) is 0 Å². The molecule has 0 aliphatic carbocycles. The number of hydrogen-bond acceptors (Lipinski definition) is 1. The van der Waals surface area contributed by atoms with Gasteiger partial charge in [-0.05, 0) is 12.0 Å². The van der Waals surface area contributed by atoms with Crippen LogP contribution in [0.15, 0.2) is 5.11 Å². The number of hydrogen-bond donors (Lipinski definition) is 0. The molecule has 0 rings (SSSR count). The van der Waals surface area contributed by atoms with Gasteiger partial charge in [-0.25, -0.2) is 0 Å². The van der Waals surface area contributed by atoms with Crippen LogP contribution in [-0.2, 0) is 0 Å². The van der Waals surface area contributed by atoms with E-state index >= 15 is 0 Å². The number of unbranched alkanes of at least 4 members (excludes halogenated alkanes) is 8. The first-order valence-electron chi connectivity index (χ1n) is 5.92. The van der Waals surface area contributed by atoms with Crippen molar-refractivity contribution in [3.8, 4) is 0 Å². The second-order valence-electron chi connectivity index (χ2n) is 3.78. The van der Waals surface area contributed by atoms with Gasteiger partial charge in [-0.1, -0.05) is 63.4 Å². The van der Waals surface area contributed by atoms with Gasteiger partial charge in [0.05, 0.1) is 0 Å². The first-order valence-corrected chi connectivity index (χ1v) is 5.92. The van der Waals surface area contributed by atoms with Gasteiger partial charge in [-0.15, -0.1) is 0 Å². The molecule has 0 bridgehead atoms. The van der Waals surface area contributed by atoms with Crippen molar-refractivity contribution in [2.45, 2.75) is 64.7 Å². The third-order valence-corrected chi connectivity index (χ3v) is 2.42. The highest BCUT2D eigenvalue weighted by atomic mass is 15.1. The summed E-state index contributed by atoms with van der Waals surface area (Å²) in [6.45, 7) is 2.92. The molecule has 0 heterocycles. The van der Waals surface area contributed by atoms with Gasteiger partial charge >= 0.3 is 0 Å². The third kappa shape index (κ3) is 11.3. The molecule has 0 amide bonds. The van der Waals surface area contributed by atoms with E-state index in [4.69, 9.17) is 5.53 Å². The van der Waals surface area contributed by atoms with Crippen molar-refractivity contribution in [1.82, 2.24) is 0 Å². The Hall–Kier alpha value is -0.690. The number of azide groups is 1. The summed E-state index contributed by atoms with van der Waals surface area (Å²) in [5.74, 6) is 0. The minimum Gasteiger partial charge on any atom is -0.0940 e. The zero-order chi connectivity index (χ0) is 10.5. The van der Waals surface area contributed by atoms with Crippen LogP contribution in [0.3, 0.4) is 0 Å². The zero-order valence-electron chi connectivity index (χ0n) is 9.41. The summed E-state index contributed by atoms with van der Waals surface area (Å²) in [7, 11) is 0. The van der Waals surface area contributed by atoms with Crippen molar-refractivity contribution in [2.24, 2.45) is 5.11 Å². The molecule has 0 aromatic carbocycles. The lowest BCUT2D eigenvalue weighted by Crippen LogP contribution is -1.82. The van der Waals surface area contributed by atoms with Crippen LogP contribution in [0, 0.1) is 0 Å². The fraction of sp³-hybridized carbons (Fsp3) is 1.00. The van der Waals surface area contributed by atoms with Gasteiger partial charge in [0, 0.05) is 11.5 Å². The average Bonchev–Trinajstić information content (AvgIpc) is 2.21. The quantitative estimate of drug-likeness (QED) is 0.208. The second kappa shape index (κ2) is 12.3. The van der Waals surface area contributed by atoms with Crippen LogP contribution < -0.4 is 0 Å². The molecule has 0 radical (unpaired) electrons. The maximum absolute atomic E-state index is 8.05. The van der Waals surface area contributed by atoms with Gasteiger partial charge in [-0.2, -0.15) is 0 Å². The Bertz CT molecular complexity index is 151. The van der Waals surface area contributed by atoms with Crippen molar-refractivity contribution in [3.05, 3.63) is 10.4 Å². The summed E-state index contributed by atoms with van der Waals surface area (Å²) in [5, 5.41) is 3.51. The molecule has 3 heteroatoms. The van der Waals surface area contributed by atoms with E-state index < -0.39 is 0 Å². The molecule has 0 spiro atoms. The fourth-order valence-corrected chi connectivity index (χ4v) is 1.54. The van der Waals surface area contributed by atoms with E-state index in [1.807, 2.05) is 0 Å². The Kier molecular flexibility index (Phi) is 11.7. The largest absolute Gasteiger partial charge is 0.0940 e. The molecule has 0 aliphatic heterocycles. The van der Waals surface area contributed by atoms with Crippen LogP contribution in [0.1, 0.15) is 64.7 Å². The highest BCUT2D eigenvalue weighted by Crippen LogP contribution is 2.09. The number of rotatable bonds is 10. The predicted octanol–water partition coefficient (Wildman–Crippen LogP) is 4.83. The van der Waals surface area contributed by atoms with Crippen molar-refractivity contribution < 1.29 is 0 Å². The lowest BCUT2D eigenvalue weighted by Gasteiger charge is -1.99. The minimum absolute atomic E-state index is 0.673. The Balaban J connectivity index is 2.88. The molecule has 14 heavy (non-hydrogen) atoms. The lowest BCUT2D eigenvalue weighted by atomic mass is 10.1. The SMILES string of the molecule is CCCCCCCCCCCN=[N+]=[N-]. The highest BCUT2D eigenvalue weighted by molar-refractivity contribution is 4.49. The molecule has 82 valence electrons. The first kappa shape index (κ1) is 13.3. The third-order valence-electron chi connectivity index (χ3n) is 2.42.